The Morgan fingerprint density at radius 3 is 2.58 bits per heavy atom. The van der Waals surface area contributed by atoms with Gasteiger partial charge in [-0.15, -0.1) is 0 Å². The summed E-state index contributed by atoms with van der Waals surface area (Å²) in [7, 11) is -2.96. The van der Waals surface area contributed by atoms with Crippen molar-refractivity contribution in [3.8, 4) is 0 Å². The van der Waals surface area contributed by atoms with E-state index in [2.05, 4.69) is 21.2 Å². The zero-order valence-electron chi connectivity index (χ0n) is 12.5. The quantitative estimate of drug-likeness (QED) is 0.782. The van der Waals surface area contributed by atoms with Gasteiger partial charge in [-0.25, -0.2) is 12.8 Å². The second-order valence-electron chi connectivity index (χ2n) is 4.86. The number of halogens is 3. The van der Waals surface area contributed by atoms with Gasteiger partial charge in [0.2, 0.25) is 15.9 Å². The molecule has 0 aliphatic carbocycles. The highest BCUT2D eigenvalue weighted by Gasteiger charge is 2.26. The number of amides is 1. The average molecular weight is 436 g/mol. The van der Waals surface area contributed by atoms with E-state index in [4.69, 9.17) is 11.6 Å². The summed E-state index contributed by atoms with van der Waals surface area (Å²) < 4.78 is 40.0. The van der Waals surface area contributed by atoms with Crippen LogP contribution in [-0.2, 0) is 14.8 Å². The van der Waals surface area contributed by atoms with Gasteiger partial charge in [0.05, 0.1) is 12.2 Å². The van der Waals surface area contributed by atoms with Crippen molar-refractivity contribution in [3.63, 3.8) is 0 Å². The minimum Gasteiger partial charge on any atom is -0.324 e. The molecule has 0 aliphatic heterocycles. The molecule has 0 spiro atoms. The van der Waals surface area contributed by atoms with E-state index in [1.54, 1.807) is 24.3 Å². The van der Waals surface area contributed by atoms with Crippen LogP contribution < -0.4 is 5.32 Å². The summed E-state index contributed by atoms with van der Waals surface area (Å²) in [6, 6.07) is 10.1. The van der Waals surface area contributed by atoms with Crippen molar-refractivity contribution >= 4 is 49.1 Å². The zero-order chi connectivity index (χ0) is 17.9. The summed E-state index contributed by atoms with van der Waals surface area (Å²) in [6.45, 7) is -0.467. The SMILES string of the molecule is CN(CC(=O)Nc1ccccc1Br)S(=O)(=O)c1ccc(Cl)cc1F. The van der Waals surface area contributed by atoms with E-state index in [1.165, 1.54) is 13.1 Å². The fraction of sp³-hybridized carbons (Fsp3) is 0.133. The average Bonchev–Trinajstić information content (AvgIpc) is 2.49. The zero-order valence-corrected chi connectivity index (χ0v) is 15.6. The molecule has 0 aromatic heterocycles. The lowest BCUT2D eigenvalue weighted by atomic mass is 10.3. The molecule has 0 saturated carbocycles. The van der Waals surface area contributed by atoms with Crippen molar-refractivity contribution in [2.24, 2.45) is 0 Å². The van der Waals surface area contributed by atoms with E-state index in [0.717, 1.165) is 16.4 Å². The van der Waals surface area contributed by atoms with Crippen molar-refractivity contribution in [2.75, 3.05) is 18.9 Å². The molecule has 9 heteroatoms. The van der Waals surface area contributed by atoms with Gasteiger partial charge in [-0.2, -0.15) is 4.31 Å². The fourth-order valence-corrected chi connectivity index (χ4v) is 3.60. The number of nitrogens with zero attached hydrogens (tertiary/aromatic N) is 1. The summed E-state index contributed by atoms with van der Waals surface area (Å²) in [4.78, 5) is 11.5. The number of sulfonamides is 1. The maximum absolute atomic E-state index is 13.8. The number of hydrogen-bond acceptors (Lipinski definition) is 3. The van der Waals surface area contributed by atoms with Crippen LogP contribution in [0.15, 0.2) is 51.8 Å². The number of benzene rings is 2. The van der Waals surface area contributed by atoms with E-state index >= 15 is 0 Å². The fourth-order valence-electron chi connectivity index (χ4n) is 1.89. The molecule has 2 aromatic rings. The Labute approximate surface area is 152 Å². The molecular weight excluding hydrogens is 423 g/mol. The second kappa shape index (κ2) is 7.60. The predicted molar refractivity (Wildman–Crippen MR) is 94.0 cm³/mol. The number of nitrogens with one attached hydrogen (secondary N) is 1. The maximum Gasteiger partial charge on any atom is 0.246 e. The Morgan fingerprint density at radius 2 is 1.96 bits per heavy atom. The van der Waals surface area contributed by atoms with Crippen molar-refractivity contribution < 1.29 is 17.6 Å². The molecular formula is C15H13BrClFN2O3S. The van der Waals surface area contributed by atoms with Gasteiger partial charge in [0.15, 0.2) is 0 Å². The number of carbonyl (C=O) groups is 1. The maximum atomic E-state index is 13.8. The lowest BCUT2D eigenvalue weighted by Crippen LogP contribution is -2.35. The van der Waals surface area contributed by atoms with E-state index in [0.29, 0.717) is 10.2 Å². The highest BCUT2D eigenvalue weighted by molar-refractivity contribution is 9.10. The molecule has 0 saturated heterocycles. The Kier molecular flexibility index (Phi) is 5.97. The molecule has 5 nitrogen and oxygen atoms in total. The minimum atomic E-state index is -4.16. The first-order valence-electron chi connectivity index (χ1n) is 6.67. The molecule has 128 valence electrons. The summed E-state index contributed by atoms with van der Waals surface area (Å²) >= 11 is 8.89. The Hall–Kier alpha value is -1.48. The normalized spacial score (nSPS) is 11.5. The number of hydrogen-bond donors (Lipinski definition) is 1. The van der Waals surface area contributed by atoms with Gasteiger partial charge in [0.1, 0.15) is 10.7 Å². The highest BCUT2D eigenvalue weighted by Crippen LogP contribution is 2.23. The summed E-state index contributed by atoms with van der Waals surface area (Å²) in [6.07, 6.45) is 0. The van der Waals surface area contributed by atoms with Crippen LogP contribution in [0.2, 0.25) is 5.02 Å². The molecule has 0 bridgehead atoms. The third kappa shape index (κ3) is 4.32. The van der Waals surface area contributed by atoms with Crippen molar-refractivity contribution in [3.05, 3.63) is 57.8 Å². The van der Waals surface area contributed by atoms with E-state index in [-0.39, 0.29) is 5.02 Å². The summed E-state index contributed by atoms with van der Waals surface area (Å²) in [5.41, 5.74) is 0.506. The first kappa shape index (κ1) is 18.9. The van der Waals surface area contributed by atoms with E-state index in [1.807, 2.05) is 0 Å². The van der Waals surface area contributed by atoms with Crippen molar-refractivity contribution in [1.29, 1.82) is 0 Å². The number of anilines is 1. The smallest absolute Gasteiger partial charge is 0.246 e. The largest absolute Gasteiger partial charge is 0.324 e. The molecule has 0 atom stereocenters. The number of carbonyl (C=O) groups excluding carboxylic acids is 1. The Bertz CT molecular complexity index is 877. The topological polar surface area (TPSA) is 66.5 Å². The number of para-hydroxylation sites is 1. The molecule has 0 radical (unpaired) electrons. The molecule has 1 N–H and O–H groups in total. The Balaban J connectivity index is 2.14. The van der Waals surface area contributed by atoms with Crippen molar-refractivity contribution in [1.82, 2.24) is 4.31 Å². The van der Waals surface area contributed by atoms with Crippen molar-refractivity contribution in [2.45, 2.75) is 4.90 Å². The van der Waals surface area contributed by atoms with E-state index < -0.39 is 33.2 Å². The van der Waals surface area contributed by atoms with Crippen LogP contribution in [0, 0.1) is 5.82 Å². The van der Waals surface area contributed by atoms with Crippen LogP contribution in [0.5, 0.6) is 0 Å². The number of rotatable bonds is 5. The third-order valence-electron chi connectivity index (χ3n) is 3.10. The molecule has 0 heterocycles. The molecule has 2 rings (SSSR count). The molecule has 0 fully saturated rings. The van der Waals surface area contributed by atoms with Gasteiger partial charge >= 0.3 is 0 Å². The van der Waals surface area contributed by atoms with Gasteiger partial charge in [0.25, 0.3) is 0 Å². The number of likely N-dealkylation sites (N-methyl/N-ethyl adjacent to an activating group) is 1. The highest BCUT2D eigenvalue weighted by atomic mass is 79.9. The third-order valence-corrected chi connectivity index (χ3v) is 5.86. The molecule has 1 amide bonds. The minimum absolute atomic E-state index is 0.0840. The standard InChI is InChI=1S/C15H13BrClFN2O3S/c1-20(9-15(21)19-13-5-3-2-4-11(13)16)24(22,23)14-7-6-10(17)8-12(14)18/h2-8H,9H2,1H3,(H,19,21). The second-order valence-corrected chi connectivity index (χ2v) is 8.17. The van der Waals surface area contributed by atoms with Crippen LogP contribution in [-0.4, -0.2) is 32.2 Å². The van der Waals surface area contributed by atoms with Crippen LogP contribution in [0.1, 0.15) is 0 Å². The lowest BCUT2D eigenvalue weighted by Gasteiger charge is -2.17. The van der Waals surface area contributed by atoms with Crippen LogP contribution >= 0.6 is 27.5 Å². The van der Waals surface area contributed by atoms with Crippen LogP contribution in [0.25, 0.3) is 0 Å². The van der Waals surface area contributed by atoms with Gasteiger partial charge < -0.3 is 5.32 Å². The summed E-state index contributed by atoms with van der Waals surface area (Å²) in [5, 5.41) is 2.67. The van der Waals surface area contributed by atoms with Crippen LogP contribution in [0.3, 0.4) is 0 Å². The monoisotopic (exact) mass is 434 g/mol. The Morgan fingerprint density at radius 1 is 1.29 bits per heavy atom. The van der Waals surface area contributed by atoms with Gasteiger partial charge in [-0.3, -0.25) is 4.79 Å². The van der Waals surface area contributed by atoms with Gasteiger partial charge in [0, 0.05) is 16.5 Å². The molecule has 0 aliphatic rings. The summed E-state index contributed by atoms with van der Waals surface area (Å²) in [5.74, 6) is -1.53. The predicted octanol–water partition coefficient (Wildman–Crippen LogP) is 3.50. The lowest BCUT2D eigenvalue weighted by molar-refractivity contribution is -0.116. The first-order valence-corrected chi connectivity index (χ1v) is 9.28. The van der Waals surface area contributed by atoms with Gasteiger partial charge in [-0.05, 0) is 46.3 Å². The first-order chi connectivity index (χ1) is 11.2. The molecule has 24 heavy (non-hydrogen) atoms. The molecule has 2 aromatic carbocycles. The van der Waals surface area contributed by atoms with Gasteiger partial charge in [-0.1, -0.05) is 23.7 Å². The van der Waals surface area contributed by atoms with Crippen LogP contribution in [0.4, 0.5) is 10.1 Å². The molecule has 0 unspecified atom stereocenters. The van der Waals surface area contributed by atoms with E-state index in [9.17, 15) is 17.6 Å².